The summed E-state index contributed by atoms with van der Waals surface area (Å²) in [6.07, 6.45) is 0. The zero-order chi connectivity index (χ0) is 39.1. The summed E-state index contributed by atoms with van der Waals surface area (Å²) in [5.41, 5.74) is 18.9. The molecule has 10 rings (SSSR count). The van der Waals surface area contributed by atoms with Gasteiger partial charge in [-0.15, -0.1) is 0 Å². The molecule has 0 radical (unpaired) electrons. The van der Waals surface area contributed by atoms with Crippen molar-refractivity contribution in [1.82, 2.24) is 4.57 Å². The molecule has 2 heterocycles. The Bertz CT molecular complexity index is 3000. The monoisotopic (exact) mass is 734 g/mol. The van der Waals surface area contributed by atoms with Crippen LogP contribution in [-0.4, -0.2) is 11.8 Å². The molecular formula is C54H47BN2. The van der Waals surface area contributed by atoms with E-state index in [0.717, 1.165) is 18.7 Å². The summed E-state index contributed by atoms with van der Waals surface area (Å²) < 4.78 is 2.59. The predicted octanol–water partition coefficient (Wildman–Crippen LogP) is 13.0. The van der Waals surface area contributed by atoms with Gasteiger partial charge in [0.2, 0.25) is 0 Å². The van der Waals surface area contributed by atoms with E-state index in [4.69, 9.17) is 0 Å². The van der Waals surface area contributed by atoms with Crippen molar-refractivity contribution in [2.75, 3.05) is 5.32 Å². The van der Waals surface area contributed by atoms with E-state index in [1.54, 1.807) is 0 Å². The maximum absolute atomic E-state index is 3.91. The van der Waals surface area contributed by atoms with Crippen molar-refractivity contribution >= 4 is 62.2 Å². The van der Waals surface area contributed by atoms with E-state index in [2.05, 4.69) is 215 Å². The fraction of sp³-hybridized carbons (Fsp3) is 0.148. The van der Waals surface area contributed by atoms with Crippen LogP contribution in [0.5, 0.6) is 0 Å². The van der Waals surface area contributed by atoms with E-state index >= 15 is 0 Å². The maximum Gasteiger partial charge on any atom is 0.198 e. The molecule has 1 N–H and O–H groups in total. The Labute approximate surface area is 337 Å². The molecule has 0 saturated heterocycles. The van der Waals surface area contributed by atoms with Crippen molar-refractivity contribution in [1.29, 1.82) is 0 Å². The van der Waals surface area contributed by atoms with Crippen LogP contribution >= 0.6 is 0 Å². The number of rotatable bonds is 5. The van der Waals surface area contributed by atoms with E-state index in [-0.39, 0.29) is 10.8 Å². The van der Waals surface area contributed by atoms with Crippen LogP contribution in [0.2, 0.25) is 0 Å². The molecule has 8 aromatic carbocycles. The third-order valence-corrected chi connectivity index (χ3v) is 12.1. The molecule has 0 unspecified atom stereocenters. The molecule has 0 aliphatic carbocycles. The van der Waals surface area contributed by atoms with Gasteiger partial charge < -0.3 is 9.88 Å². The minimum Gasteiger partial charge on any atom is -0.355 e. The smallest absolute Gasteiger partial charge is 0.198 e. The molecule has 0 amide bonds. The van der Waals surface area contributed by atoms with Crippen molar-refractivity contribution in [3.63, 3.8) is 0 Å². The van der Waals surface area contributed by atoms with Crippen molar-refractivity contribution in [2.24, 2.45) is 0 Å². The molecule has 1 aliphatic heterocycles. The molecule has 0 bridgehead atoms. The Hall–Kier alpha value is -6.32. The number of aromatic nitrogens is 1. The molecular weight excluding hydrogens is 687 g/mol. The lowest BCUT2D eigenvalue weighted by molar-refractivity contribution is 0.590. The number of nitrogens with one attached hydrogen (secondary N) is 1. The van der Waals surface area contributed by atoms with Gasteiger partial charge in [0.05, 0.1) is 5.52 Å². The summed E-state index contributed by atoms with van der Waals surface area (Å²) in [6.45, 7) is 14.0. The van der Waals surface area contributed by atoms with E-state index < -0.39 is 0 Å². The number of hydrogen-bond donors (Lipinski definition) is 1. The highest BCUT2D eigenvalue weighted by molar-refractivity contribution is 6.73. The third kappa shape index (κ3) is 6.05. The number of fused-ring (bicyclic) bond motifs is 6. The normalized spacial score (nSPS) is 12.5. The third-order valence-electron chi connectivity index (χ3n) is 12.1. The van der Waals surface area contributed by atoms with Gasteiger partial charge in [-0.2, -0.15) is 0 Å². The van der Waals surface area contributed by atoms with Gasteiger partial charge in [0.1, 0.15) is 0 Å². The number of benzene rings is 8. The lowest BCUT2D eigenvalue weighted by Crippen LogP contribution is -2.38. The van der Waals surface area contributed by atoms with Crippen LogP contribution in [0.15, 0.2) is 164 Å². The lowest BCUT2D eigenvalue weighted by Gasteiger charge is -2.28. The number of hydrogen-bond acceptors (Lipinski definition) is 1. The van der Waals surface area contributed by atoms with Crippen molar-refractivity contribution in [3.05, 3.63) is 175 Å². The van der Waals surface area contributed by atoms with Crippen molar-refractivity contribution in [3.8, 4) is 39.1 Å². The summed E-state index contributed by atoms with van der Waals surface area (Å²) in [4.78, 5) is 0. The van der Waals surface area contributed by atoms with Gasteiger partial charge in [-0.05, 0) is 115 Å². The van der Waals surface area contributed by atoms with Crippen molar-refractivity contribution < 1.29 is 0 Å². The summed E-state index contributed by atoms with van der Waals surface area (Å²) in [6, 6.07) is 60.8. The zero-order valence-corrected chi connectivity index (χ0v) is 33.7. The van der Waals surface area contributed by atoms with E-state index in [0.29, 0.717) is 0 Å². The van der Waals surface area contributed by atoms with E-state index in [1.807, 2.05) is 0 Å². The lowest BCUT2D eigenvalue weighted by atomic mass is 9.58. The minimum atomic E-state index is 0.00378. The Morgan fingerprint density at radius 1 is 0.491 bits per heavy atom. The first-order chi connectivity index (χ1) is 27.5. The fourth-order valence-electron chi connectivity index (χ4n) is 8.97. The quantitative estimate of drug-likeness (QED) is 0.174. The Kier molecular flexibility index (Phi) is 8.09. The number of nitrogens with zero attached hydrogens (tertiary/aromatic N) is 1. The van der Waals surface area contributed by atoms with Crippen LogP contribution in [0.25, 0.3) is 71.6 Å². The zero-order valence-electron chi connectivity index (χ0n) is 33.7. The van der Waals surface area contributed by atoms with Crippen LogP contribution in [0.3, 0.4) is 0 Å². The van der Waals surface area contributed by atoms with E-state index in [1.165, 1.54) is 93.7 Å². The average Bonchev–Trinajstić information content (AvgIpc) is 3.55. The second kappa shape index (κ2) is 13.1. The topological polar surface area (TPSA) is 17.0 Å². The standard InChI is InChI=1S/C54H47BN2/c1-53(2,3)39-24-28-48-43(31-39)44-32-40(54(4,5)6)33-46-52(44)57(48)49-30-38(35-17-11-8-12-18-35)29-45(51(49)55-46)50-42-20-14-13-19-37(42)23-27-47(50)56-41-25-21-36(22-26-41)34-15-9-7-10-16-34/h7-33,55-56H,1-6H3. The van der Waals surface area contributed by atoms with Crippen LogP contribution in [-0.2, 0) is 10.8 Å². The van der Waals surface area contributed by atoms with Gasteiger partial charge >= 0.3 is 0 Å². The first-order valence-electron chi connectivity index (χ1n) is 20.3. The van der Waals surface area contributed by atoms with Gasteiger partial charge in [-0.3, -0.25) is 0 Å². The molecule has 2 nitrogen and oxygen atoms in total. The second-order valence-corrected chi connectivity index (χ2v) is 17.9. The molecule has 3 heteroatoms. The highest BCUT2D eigenvalue weighted by atomic mass is 15.0. The Morgan fingerprint density at radius 2 is 1.12 bits per heavy atom. The molecule has 0 atom stereocenters. The molecule has 0 spiro atoms. The van der Waals surface area contributed by atoms with Crippen LogP contribution < -0.4 is 16.2 Å². The highest BCUT2D eigenvalue weighted by Crippen LogP contribution is 2.43. The van der Waals surface area contributed by atoms with Gasteiger partial charge in [-0.1, -0.05) is 162 Å². The molecule has 9 aromatic rings. The first-order valence-corrected chi connectivity index (χ1v) is 20.3. The average molecular weight is 735 g/mol. The minimum absolute atomic E-state index is 0.00378. The van der Waals surface area contributed by atoms with Gasteiger partial charge in [-0.25, -0.2) is 0 Å². The number of anilines is 2. The maximum atomic E-state index is 3.91. The largest absolute Gasteiger partial charge is 0.355 e. The Balaban J connectivity index is 1.26. The summed E-state index contributed by atoms with van der Waals surface area (Å²) >= 11 is 0. The van der Waals surface area contributed by atoms with Gasteiger partial charge in [0, 0.05) is 38.9 Å². The van der Waals surface area contributed by atoms with Crippen molar-refractivity contribution in [2.45, 2.75) is 52.4 Å². The molecule has 0 saturated carbocycles. The predicted molar refractivity (Wildman–Crippen MR) is 248 cm³/mol. The molecule has 276 valence electrons. The molecule has 1 aromatic heterocycles. The van der Waals surface area contributed by atoms with Gasteiger partial charge in [0.15, 0.2) is 7.28 Å². The van der Waals surface area contributed by atoms with E-state index in [9.17, 15) is 0 Å². The van der Waals surface area contributed by atoms with Crippen LogP contribution in [0, 0.1) is 0 Å². The van der Waals surface area contributed by atoms with Crippen LogP contribution in [0.4, 0.5) is 11.4 Å². The first kappa shape index (κ1) is 35.1. The SMILES string of the molecule is CC(C)(C)c1ccc2c(c1)c1cc(C(C)(C)C)cc3c1n2-c1cc(-c2ccccc2)cc(-c2c(Nc4ccc(-c5ccccc5)cc4)ccc4ccccc24)c1B3. The Morgan fingerprint density at radius 3 is 1.82 bits per heavy atom. The fourth-order valence-corrected chi connectivity index (χ4v) is 8.97. The molecule has 1 aliphatic rings. The van der Waals surface area contributed by atoms with Gasteiger partial charge in [0.25, 0.3) is 0 Å². The summed E-state index contributed by atoms with van der Waals surface area (Å²) in [5.74, 6) is 0. The second-order valence-electron chi connectivity index (χ2n) is 17.9. The summed E-state index contributed by atoms with van der Waals surface area (Å²) in [7, 11) is 0.844. The van der Waals surface area contributed by atoms with Crippen LogP contribution in [0.1, 0.15) is 52.7 Å². The highest BCUT2D eigenvalue weighted by Gasteiger charge is 2.30. The molecule has 57 heavy (non-hydrogen) atoms. The summed E-state index contributed by atoms with van der Waals surface area (Å²) in [5, 5.41) is 9.06. The molecule has 0 fully saturated rings.